The number of methoxy groups -OCH3 is 1. The molecule has 2 aromatic carbocycles. The molecule has 0 aliphatic heterocycles. The van der Waals surface area contributed by atoms with E-state index in [4.69, 9.17) is 0 Å². The molecule has 2 aromatic heterocycles. The maximum Gasteiger partial charge on any atom is 0.337 e. The number of nitrogens with one attached hydrogen (secondary N) is 1. The number of hydrogen-bond donors (Lipinski definition) is 1. The topological polar surface area (TPSA) is 72.8 Å². The van der Waals surface area contributed by atoms with E-state index < -0.39 is 17.6 Å². The van der Waals surface area contributed by atoms with Crippen LogP contribution in [0.4, 0.5) is 8.78 Å². The molecule has 0 bridgehead atoms. The number of carbonyl (C=O) groups is 1. The number of H-pyrrole nitrogens is 1. The minimum atomic E-state index is -0.959. The summed E-state index contributed by atoms with van der Waals surface area (Å²) in [4.78, 5) is 23.0. The number of carbonyl (C=O) groups excluding carboxylic acids is 1. The lowest BCUT2D eigenvalue weighted by molar-refractivity contribution is 0.0601. The molecule has 0 saturated heterocycles. The van der Waals surface area contributed by atoms with Crippen LogP contribution in [0.25, 0.3) is 28.0 Å². The Morgan fingerprint density at radius 1 is 1.17 bits per heavy atom. The van der Waals surface area contributed by atoms with Crippen LogP contribution in [0.3, 0.4) is 0 Å². The highest BCUT2D eigenvalue weighted by Crippen LogP contribution is 2.22. The predicted molar refractivity (Wildman–Crippen MR) is 82.0 cm³/mol. The smallest absolute Gasteiger partial charge is 0.337 e. The van der Waals surface area contributed by atoms with Gasteiger partial charge in [0.1, 0.15) is 6.33 Å². The van der Waals surface area contributed by atoms with Crippen LogP contribution in [0.2, 0.25) is 0 Å². The zero-order chi connectivity index (χ0) is 16.8. The summed E-state index contributed by atoms with van der Waals surface area (Å²) >= 11 is 0. The highest BCUT2D eigenvalue weighted by Gasteiger charge is 2.13. The lowest BCUT2D eigenvalue weighted by Crippen LogP contribution is -2.01. The summed E-state index contributed by atoms with van der Waals surface area (Å²) in [5.41, 5.74) is 2.30. The molecule has 0 radical (unpaired) electrons. The first-order valence-corrected chi connectivity index (χ1v) is 6.97. The van der Waals surface area contributed by atoms with E-state index >= 15 is 0 Å². The summed E-state index contributed by atoms with van der Waals surface area (Å²) in [6.07, 6.45) is 1.51. The number of aromatic amines is 1. The summed E-state index contributed by atoms with van der Waals surface area (Å²) in [5.74, 6) is -2.00. The van der Waals surface area contributed by atoms with Crippen molar-refractivity contribution in [1.29, 1.82) is 0 Å². The van der Waals surface area contributed by atoms with Gasteiger partial charge in [0.05, 0.1) is 34.7 Å². The standard InChI is InChI=1S/C16H10F2N4O2/c1-24-15(23)8-2-3-14-13(4-8)19-7-22(14)16-20-11-5-9(17)10(18)6-12(11)21-16/h2-7H,1H3,(H,20,21). The molecule has 0 spiro atoms. The molecule has 1 N–H and O–H groups in total. The van der Waals surface area contributed by atoms with Gasteiger partial charge in [-0.15, -0.1) is 0 Å². The minimum Gasteiger partial charge on any atom is -0.465 e. The number of esters is 1. The summed E-state index contributed by atoms with van der Waals surface area (Å²) < 4.78 is 32.9. The molecule has 24 heavy (non-hydrogen) atoms. The maximum atomic E-state index is 13.3. The van der Waals surface area contributed by atoms with Crippen molar-refractivity contribution in [3.63, 3.8) is 0 Å². The number of fused-ring (bicyclic) bond motifs is 2. The molecule has 0 saturated carbocycles. The van der Waals surface area contributed by atoms with Crippen molar-refractivity contribution in [3.05, 3.63) is 53.9 Å². The van der Waals surface area contributed by atoms with Crippen LogP contribution in [0.1, 0.15) is 10.4 Å². The van der Waals surface area contributed by atoms with Crippen molar-refractivity contribution in [1.82, 2.24) is 19.5 Å². The molecule has 0 aliphatic rings. The van der Waals surface area contributed by atoms with Crippen molar-refractivity contribution in [2.45, 2.75) is 0 Å². The Balaban J connectivity index is 1.86. The first kappa shape index (κ1) is 14.3. The molecular formula is C16H10F2N4O2. The Morgan fingerprint density at radius 2 is 1.96 bits per heavy atom. The van der Waals surface area contributed by atoms with Crippen LogP contribution in [0.15, 0.2) is 36.7 Å². The third kappa shape index (κ3) is 2.11. The Morgan fingerprint density at radius 3 is 2.75 bits per heavy atom. The van der Waals surface area contributed by atoms with Gasteiger partial charge in [-0.2, -0.15) is 0 Å². The normalized spacial score (nSPS) is 11.3. The van der Waals surface area contributed by atoms with Crippen molar-refractivity contribution in [2.24, 2.45) is 0 Å². The molecule has 4 rings (SSSR count). The molecule has 2 heterocycles. The van der Waals surface area contributed by atoms with Crippen molar-refractivity contribution in [3.8, 4) is 5.95 Å². The van der Waals surface area contributed by atoms with Gasteiger partial charge < -0.3 is 9.72 Å². The summed E-state index contributed by atoms with van der Waals surface area (Å²) in [7, 11) is 1.30. The van der Waals surface area contributed by atoms with E-state index in [0.29, 0.717) is 33.6 Å². The highest BCUT2D eigenvalue weighted by atomic mass is 19.2. The van der Waals surface area contributed by atoms with E-state index in [0.717, 1.165) is 12.1 Å². The van der Waals surface area contributed by atoms with Gasteiger partial charge in [-0.25, -0.2) is 23.5 Å². The second kappa shape index (κ2) is 5.12. The number of ether oxygens (including phenoxy) is 1. The van der Waals surface area contributed by atoms with Gasteiger partial charge in [-0.05, 0) is 18.2 Å². The molecule has 0 unspecified atom stereocenters. The molecule has 0 fully saturated rings. The van der Waals surface area contributed by atoms with E-state index in [2.05, 4.69) is 19.7 Å². The van der Waals surface area contributed by atoms with Gasteiger partial charge in [-0.1, -0.05) is 0 Å². The first-order chi connectivity index (χ1) is 11.6. The third-order valence-electron chi connectivity index (χ3n) is 3.71. The summed E-state index contributed by atoms with van der Waals surface area (Å²) in [5, 5.41) is 0. The first-order valence-electron chi connectivity index (χ1n) is 6.97. The minimum absolute atomic E-state index is 0.303. The fraction of sp³-hybridized carbons (Fsp3) is 0.0625. The fourth-order valence-electron chi connectivity index (χ4n) is 2.53. The van der Waals surface area contributed by atoms with E-state index in [9.17, 15) is 13.6 Å². The Hall–Kier alpha value is -3.29. The van der Waals surface area contributed by atoms with Crippen LogP contribution in [0, 0.1) is 11.6 Å². The van der Waals surface area contributed by atoms with Crippen molar-refractivity contribution < 1.29 is 18.3 Å². The Labute approximate surface area is 133 Å². The van der Waals surface area contributed by atoms with Gasteiger partial charge in [0.25, 0.3) is 0 Å². The molecule has 0 atom stereocenters. The van der Waals surface area contributed by atoms with E-state index in [1.807, 2.05) is 0 Å². The monoisotopic (exact) mass is 328 g/mol. The van der Waals surface area contributed by atoms with Crippen molar-refractivity contribution in [2.75, 3.05) is 7.11 Å². The Bertz CT molecular complexity index is 1060. The molecule has 0 amide bonds. The van der Waals surface area contributed by atoms with Crippen LogP contribution in [0.5, 0.6) is 0 Å². The largest absolute Gasteiger partial charge is 0.465 e. The number of halogens is 2. The summed E-state index contributed by atoms with van der Waals surface area (Å²) in [6.45, 7) is 0. The lowest BCUT2D eigenvalue weighted by atomic mass is 10.2. The number of benzene rings is 2. The number of rotatable bonds is 2. The quantitative estimate of drug-likeness (QED) is 0.574. The van der Waals surface area contributed by atoms with Gasteiger partial charge in [-0.3, -0.25) is 4.57 Å². The maximum absolute atomic E-state index is 13.3. The predicted octanol–water partition coefficient (Wildman–Crippen LogP) is 2.97. The van der Waals surface area contributed by atoms with Gasteiger partial charge in [0.2, 0.25) is 5.95 Å². The van der Waals surface area contributed by atoms with Gasteiger partial charge in [0.15, 0.2) is 11.6 Å². The van der Waals surface area contributed by atoms with Gasteiger partial charge >= 0.3 is 5.97 Å². The number of nitrogens with zero attached hydrogens (tertiary/aromatic N) is 3. The third-order valence-corrected chi connectivity index (χ3v) is 3.71. The molecule has 4 aromatic rings. The molecule has 120 valence electrons. The van der Waals surface area contributed by atoms with Crippen LogP contribution >= 0.6 is 0 Å². The molecular weight excluding hydrogens is 318 g/mol. The SMILES string of the molecule is COC(=O)c1ccc2c(c1)ncn2-c1nc2cc(F)c(F)cc2[nH]1. The van der Waals surface area contributed by atoms with Crippen LogP contribution in [-0.4, -0.2) is 32.6 Å². The highest BCUT2D eigenvalue weighted by molar-refractivity contribution is 5.93. The zero-order valence-electron chi connectivity index (χ0n) is 12.4. The Kier molecular flexibility index (Phi) is 3.05. The lowest BCUT2D eigenvalue weighted by Gasteiger charge is -2.01. The number of imidazole rings is 2. The number of hydrogen-bond acceptors (Lipinski definition) is 4. The number of aromatic nitrogens is 4. The average Bonchev–Trinajstić information content (AvgIpc) is 3.17. The molecule has 0 aliphatic carbocycles. The average molecular weight is 328 g/mol. The van der Waals surface area contributed by atoms with Crippen LogP contribution in [-0.2, 0) is 4.74 Å². The molecule has 6 nitrogen and oxygen atoms in total. The molecule has 8 heteroatoms. The zero-order valence-corrected chi connectivity index (χ0v) is 12.4. The fourth-order valence-corrected chi connectivity index (χ4v) is 2.53. The second-order valence-electron chi connectivity index (χ2n) is 5.15. The van der Waals surface area contributed by atoms with E-state index in [1.54, 1.807) is 22.8 Å². The van der Waals surface area contributed by atoms with Crippen LogP contribution < -0.4 is 0 Å². The second-order valence-corrected chi connectivity index (χ2v) is 5.15. The van der Waals surface area contributed by atoms with Gasteiger partial charge in [0, 0.05) is 12.1 Å². The summed E-state index contributed by atoms with van der Waals surface area (Å²) in [6, 6.07) is 6.98. The van der Waals surface area contributed by atoms with E-state index in [-0.39, 0.29) is 0 Å². The van der Waals surface area contributed by atoms with E-state index in [1.165, 1.54) is 13.4 Å². The van der Waals surface area contributed by atoms with Crippen molar-refractivity contribution >= 4 is 28.0 Å².